The van der Waals surface area contributed by atoms with E-state index in [1.54, 1.807) is 0 Å². The van der Waals surface area contributed by atoms with Gasteiger partial charge in [0.2, 0.25) is 0 Å². The molecule has 0 aromatic heterocycles. The first-order chi connectivity index (χ1) is 14.3. The Labute approximate surface area is 200 Å². The van der Waals surface area contributed by atoms with Gasteiger partial charge in [-0.3, -0.25) is 9.89 Å². The summed E-state index contributed by atoms with van der Waals surface area (Å²) in [5, 5.41) is 7.09. The van der Waals surface area contributed by atoms with Gasteiger partial charge >= 0.3 is 0 Å². The number of halogens is 1. The topological polar surface area (TPSA) is 46.1 Å². The monoisotopic (exact) mass is 528 g/mol. The normalized spacial score (nSPS) is 20.4. The van der Waals surface area contributed by atoms with Crippen LogP contribution in [0.5, 0.6) is 0 Å². The first-order valence-electron chi connectivity index (χ1n) is 11.4. The largest absolute Gasteiger partial charge is 0.356 e. The number of likely N-dealkylation sites (tertiary alicyclic amines) is 1. The molecule has 2 saturated heterocycles. The molecule has 6 nitrogen and oxygen atoms in total. The highest BCUT2D eigenvalue weighted by Gasteiger charge is 2.23. The van der Waals surface area contributed by atoms with E-state index in [4.69, 9.17) is 0 Å². The molecule has 0 bridgehead atoms. The SMILES string of the molecule is CN=C(NCCCN1CCCN(C)CC1)NCC(c1ccccc1)N1CCCC1.I. The minimum absolute atomic E-state index is 0. The van der Waals surface area contributed by atoms with Crippen LogP contribution < -0.4 is 10.6 Å². The highest BCUT2D eigenvalue weighted by atomic mass is 127. The van der Waals surface area contributed by atoms with Crippen LogP contribution in [0.2, 0.25) is 0 Å². The molecular weight excluding hydrogens is 487 g/mol. The zero-order valence-electron chi connectivity index (χ0n) is 18.9. The van der Waals surface area contributed by atoms with Gasteiger partial charge in [0.25, 0.3) is 0 Å². The molecule has 3 rings (SSSR count). The molecule has 0 saturated carbocycles. The van der Waals surface area contributed by atoms with E-state index in [0.717, 1.165) is 32.0 Å². The number of nitrogens with zero attached hydrogens (tertiary/aromatic N) is 4. The van der Waals surface area contributed by atoms with Crippen molar-refractivity contribution >= 4 is 29.9 Å². The third kappa shape index (κ3) is 8.32. The van der Waals surface area contributed by atoms with Crippen LogP contribution in [-0.2, 0) is 0 Å². The van der Waals surface area contributed by atoms with Gasteiger partial charge in [-0.1, -0.05) is 30.3 Å². The number of aliphatic imine (C=N–C) groups is 1. The lowest BCUT2D eigenvalue weighted by molar-refractivity contribution is 0.245. The highest BCUT2D eigenvalue weighted by Crippen LogP contribution is 2.24. The van der Waals surface area contributed by atoms with E-state index < -0.39 is 0 Å². The predicted molar refractivity (Wildman–Crippen MR) is 138 cm³/mol. The lowest BCUT2D eigenvalue weighted by Gasteiger charge is -2.29. The van der Waals surface area contributed by atoms with Crippen LogP contribution in [0.3, 0.4) is 0 Å². The molecule has 2 fully saturated rings. The number of hydrogen-bond donors (Lipinski definition) is 2. The van der Waals surface area contributed by atoms with Crippen molar-refractivity contribution in [3.05, 3.63) is 35.9 Å². The maximum atomic E-state index is 4.45. The van der Waals surface area contributed by atoms with Crippen LogP contribution in [0.4, 0.5) is 0 Å². The zero-order chi connectivity index (χ0) is 20.3. The fourth-order valence-corrected chi connectivity index (χ4v) is 4.43. The number of guanidine groups is 1. The number of benzene rings is 1. The second kappa shape index (κ2) is 14.2. The van der Waals surface area contributed by atoms with Crippen molar-refractivity contribution in [2.24, 2.45) is 4.99 Å². The summed E-state index contributed by atoms with van der Waals surface area (Å²) in [5.41, 5.74) is 1.39. The quantitative estimate of drug-likeness (QED) is 0.235. The molecule has 1 aromatic rings. The molecule has 2 heterocycles. The molecule has 2 aliphatic rings. The van der Waals surface area contributed by atoms with Crippen LogP contribution in [0, 0.1) is 0 Å². The van der Waals surface area contributed by atoms with Crippen molar-refractivity contribution in [1.82, 2.24) is 25.3 Å². The van der Waals surface area contributed by atoms with Crippen molar-refractivity contribution in [1.29, 1.82) is 0 Å². The Kier molecular flexibility index (Phi) is 12.0. The van der Waals surface area contributed by atoms with Crippen LogP contribution in [-0.4, -0.2) is 93.7 Å². The van der Waals surface area contributed by atoms with Gasteiger partial charge in [-0.2, -0.15) is 0 Å². The summed E-state index contributed by atoms with van der Waals surface area (Å²) in [5.74, 6) is 0.917. The average Bonchev–Trinajstić information content (AvgIpc) is 3.20. The van der Waals surface area contributed by atoms with Gasteiger partial charge in [0.05, 0.1) is 6.04 Å². The Bertz CT molecular complexity index is 605. The summed E-state index contributed by atoms with van der Waals surface area (Å²) < 4.78 is 0. The number of rotatable bonds is 8. The van der Waals surface area contributed by atoms with Crippen molar-refractivity contribution in [2.75, 3.05) is 73.0 Å². The van der Waals surface area contributed by atoms with E-state index in [-0.39, 0.29) is 24.0 Å². The van der Waals surface area contributed by atoms with Gasteiger partial charge in [0, 0.05) is 33.2 Å². The molecule has 2 N–H and O–H groups in total. The Hall–Kier alpha value is -0.900. The third-order valence-electron chi connectivity index (χ3n) is 6.21. The van der Waals surface area contributed by atoms with Crippen LogP contribution in [0.25, 0.3) is 0 Å². The van der Waals surface area contributed by atoms with Gasteiger partial charge in [0.15, 0.2) is 5.96 Å². The van der Waals surface area contributed by atoms with E-state index in [9.17, 15) is 0 Å². The van der Waals surface area contributed by atoms with Gasteiger partial charge < -0.3 is 20.4 Å². The van der Waals surface area contributed by atoms with Crippen molar-refractivity contribution in [2.45, 2.75) is 31.7 Å². The fourth-order valence-electron chi connectivity index (χ4n) is 4.43. The molecule has 0 radical (unpaired) electrons. The maximum Gasteiger partial charge on any atom is 0.191 e. The standard InChI is InChI=1S/C23H40N6.HI/c1-24-23(25-12-8-14-28-15-9-13-27(2)18-19-28)26-20-22(29-16-6-7-17-29)21-10-4-3-5-11-21;/h3-5,10-11,22H,6-9,12-20H2,1-2H3,(H2,24,25,26);1H. The summed E-state index contributed by atoms with van der Waals surface area (Å²) in [4.78, 5) is 12.1. The van der Waals surface area contributed by atoms with E-state index >= 15 is 0 Å². The molecule has 0 aliphatic carbocycles. The van der Waals surface area contributed by atoms with Crippen LogP contribution in [0.1, 0.15) is 37.3 Å². The van der Waals surface area contributed by atoms with E-state index in [1.165, 1.54) is 64.1 Å². The molecule has 1 atom stereocenters. The summed E-state index contributed by atoms with van der Waals surface area (Å²) in [7, 11) is 4.10. The molecule has 170 valence electrons. The Balaban J connectivity index is 0.00000320. The molecule has 1 aromatic carbocycles. The minimum atomic E-state index is 0. The molecule has 30 heavy (non-hydrogen) atoms. The first-order valence-corrected chi connectivity index (χ1v) is 11.4. The van der Waals surface area contributed by atoms with E-state index in [0.29, 0.717) is 6.04 Å². The lowest BCUT2D eigenvalue weighted by Crippen LogP contribution is -2.43. The minimum Gasteiger partial charge on any atom is -0.356 e. The van der Waals surface area contributed by atoms with Gasteiger partial charge in [-0.05, 0) is 71.0 Å². The summed E-state index contributed by atoms with van der Waals surface area (Å²) >= 11 is 0. The van der Waals surface area contributed by atoms with Crippen LogP contribution >= 0.6 is 24.0 Å². The second-order valence-corrected chi connectivity index (χ2v) is 8.40. The smallest absolute Gasteiger partial charge is 0.191 e. The summed E-state index contributed by atoms with van der Waals surface area (Å²) in [6.07, 6.45) is 5.05. The second-order valence-electron chi connectivity index (χ2n) is 8.40. The molecular formula is C23H41IN6. The van der Waals surface area contributed by atoms with Gasteiger partial charge in [0.1, 0.15) is 0 Å². The van der Waals surface area contributed by atoms with Crippen LogP contribution in [0.15, 0.2) is 35.3 Å². The summed E-state index contributed by atoms with van der Waals surface area (Å²) in [6, 6.07) is 11.3. The number of hydrogen-bond acceptors (Lipinski definition) is 4. The van der Waals surface area contributed by atoms with E-state index in [2.05, 4.69) is 67.7 Å². The number of likely N-dealkylation sites (N-methyl/N-ethyl adjacent to an activating group) is 1. The molecule has 0 amide bonds. The molecule has 2 aliphatic heterocycles. The fraction of sp³-hybridized carbons (Fsp3) is 0.696. The van der Waals surface area contributed by atoms with Crippen molar-refractivity contribution in [3.63, 3.8) is 0 Å². The van der Waals surface area contributed by atoms with E-state index in [1.807, 2.05) is 7.05 Å². The Morgan fingerprint density at radius 1 is 0.967 bits per heavy atom. The average molecular weight is 529 g/mol. The Morgan fingerprint density at radius 3 is 2.47 bits per heavy atom. The number of nitrogens with one attached hydrogen (secondary N) is 2. The molecule has 1 unspecified atom stereocenters. The molecule has 7 heteroatoms. The lowest BCUT2D eigenvalue weighted by atomic mass is 10.1. The van der Waals surface area contributed by atoms with Gasteiger partial charge in [-0.15, -0.1) is 24.0 Å². The first kappa shape index (κ1) is 25.4. The zero-order valence-corrected chi connectivity index (χ0v) is 21.2. The van der Waals surface area contributed by atoms with Crippen molar-refractivity contribution in [3.8, 4) is 0 Å². The maximum absolute atomic E-state index is 4.45. The Morgan fingerprint density at radius 2 is 1.73 bits per heavy atom. The summed E-state index contributed by atoms with van der Waals surface area (Å²) in [6.45, 7) is 10.2. The molecule has 0 spiro atoms. The predicted octanol–water partition coefficient (Wildman–Crippen LogP) is 2.63. The van der Waals surface area contributed by atoms with Crippen molar-refractivity contribution < 1.29 is 0 Å². The highest BCUT2D eigenvalue weighted by molar-refractivity contribution is 14.0. The van der Waals surface area contributed by atoms with Gasteiger partial charge in [-0.25, -0.2) is 0 Å². The third-order valence-corrected chi connectivity index (χ3v) is 6.21.